The molecule has 34 heavy (non-hydrogen) atoms. The van der Waals surface area contributed by atoms with E-state index in [0.717, 1.165) is 37.0 Å². The fraction of sp³-hybridized carbons (Fsp3) is 0.903. The van der Waals surface area contributed by atoms with E-state index in [9.17, 15) is 15.0 Å². The normalized spacial score (nSPS) is 52.2. The van der Waals surface area contributed by atoms with Crippen molar-refractivity contribution < 1.29 is 15.0 Å². The summed E-state index contributed by atoms with van der Waals surface area (Å²) in [6, 6.07) is 0. The van der Waals surface area contributed by atoms with Gasteiger partial charge in [-0.3, -0.25) is 4.79 Å². The van der Waals surface area contributed by atoms with Crippen LogP contribution in [0.5, 0.6) is 0 Å². The first-order valence-electron chi connectivity index (χ1n) is 14.4. The van der Waals surface area contributed by atoms with Crippen LogP contribution in [-0.4, -0.2) is 22.3 Å². The van der Waals surface area contributed by atoms with Crippen molar-refractivity contribution in [3.05, 3.63) is 12.2 Å². The summed E-state index contributed by atoms with van der Waals surface area (Å²) in [5.41, 5.74) is 1.70. The number of aliphatic hydroxyl groups is 1. The number of aliphatic carboxylic acids is 1. The number of hydrogen-bond donors (Lipinski definition) is 2. The second-order valence-electron chi connectivity index (χ2n) is 14.6. The molecule has 5 aliphatic rings. The van der Waals surface area contributed by atoms with Crippen LogP contribution in [0.2, 0.25) is 0 Å². The van der Waals surface area contributed by atoms with Crippen molar-refractivity contribution in [1.29, 1.82) is 0 Å². The maximum atomic E-state index is 12.5. The van der Waals surface area contributed by atoms with Gasteiger partial charge in [0.2, 0.25) is 0 Å². The number of carboxylic acid groups (broad SMARTS) is 1. The Bertz CT molecular complexity index is 878. The quantitative estimate of drug-likeness (QED) is 0.396. The summed E-state index contributed by atoms with van der Waals surface area (Å²) < 4.78 is 0. The number of aliphatic hydroxyl groups excluding tert-OH is 1. The lowest BCUT2D eigenvalue weighted by molar-refractivity contribution is -0.189. The van der Waals surface area contributed by atoms with Crippen LogP contribution >= 0.6 is 0 Å². The predicted octanol–water partition coefficient (Wildman–Crippen LogP) is 7.48. The van der Waals surface area contributed by atoms with Gasteiger partial charge in [0, 0.05) is 0 Å². The molecule has 2 N–H and O–H groups in total. The van der Waals surface area contributed by atoms with Crippen molar-refractivity contribution in [3.8, 4) is 0 Å². The minimum absolute atomic E-state index is 0.142. The van der Waals surface area contributed by atoms with Crippen LogP contribution < -0.4 is 0 Å². The van der Waals surface area contributed by atoms with Crippen LogP contribution in [0.25, 0.3) is 0 Å². The Labute approximate surface area is 208 Å². The van der Waals surface area contributed by atoms with Crippen molar-refractivity contribution in [2.24, 2.45) is 56.7 Å². The molecule has 0 aromatic rings. The number of rotatable bonds is 6. The van der Waals surface area contributed by atoms with Gasteiger partial charge in [-0.2, -0.15) is 0 Å². The molecule has 5 fully saturated rings. The Balaban J connectivity index is 1.41. The molecule has 0 amide bonds. The molecule has 0 aromatic heterocycles. The lowest BCUT2D eigenvalue weighted by Gasteiger charge is -2.63. The van der Waals surface area contributed by atoms with E-state index in [2.05, 4.69) is 41.2 Å². The second-order valence-corrected chi connectivity index (χ2v) is 14.6. The first kappa shape index (κ1) is 24.8. The molecule has 5 saturated carbocycles. The van der Waals surface area contributed by atoms with Crippen molar-refractivity contribution >= 4 is 5.97 Å². The summed E-state index contributed by atoms with van der Waals surface area (Å²) in [6.07, 6.45) is 12.1. The fourth-order valence-corrected chi connectivity index (χ4v) is 11.2. The summed E-state index contributed by atoms with van der Waals surface area (Å²) in [5, 5.41) is 21.1. The molecule has 3 nitrogen and oxygen atoms in total. The third-order valence-corrected chi connectivity index (χ3v) is 13.7. The van der Waals surface area contributed by atoms with Gasteiger partial charge < -0.3 is 10.2 Å². The van der Waals surface area contributed by atoms with Gasteiger partial charge in [-0.25, -0.2) is 0 Å². The van der Waals surface area contributed by atoms with Gasteiger partial charge in [0.05, 0.1) is 11.5 Å². The third-order valence-electron chi connectivity index (χ3n) is 13.7. The van der Waals surface area contributed by atoms with E-state index in [1.54, 1.807) is 0 Å². The molecule has 0 radical (unpaired) electrons. The van der Waals surface area contributed by atoms with E-state index < -0.39 is 17.5 Å². The summed E-state index contributed by atoms with van der Waals surface area (Å²) in [7, 11) is 0. The standard InChI is InChI=1S/C31H50O3/c1-19(2)20(3)8-9-21(4)22-12-14-28(6)23-10-11-24-29(7,26(33)34)25(32)13-15-30(24)18-31(23,30)17-16-27(22,28)5/h19,21-25,32H,3,8-18H2,1-2,4-7H3,(H,33,34)/t21?,22?,23?,24?,25?,27-,28+,29+,30-,31+/m1/s1. The van der Waals surface area contributed by atoms with E-state index in [1.165, 1.54) is 50.5 Å². The maximum absolute atomic E-state index is 12.5. The number of allylic oxidation sites excluding steroid dienone is 1. The van der Waals surface area contributed by atoms with E-state index in [0.29, 0.717) is 28.6 Å². The van der Waals surface area contributed by atoms with Gasteiger partial charge in [0.15, 0.2) is 0 Å². The lowest BCUT2D eigenvalue weighted by Crippen LogP contribution is -2.59. The summed E-state index contributed by atoms with van der Waals surface area (Å²) >= 11 is 0. The van der Waals surface area contributed by atoms with Gasteiger partial charge in [-0.05, 0) is 129 Å². The largest absolute Gasteiger partial charge is 0.481 e. The molecular weight excluding hydrogens is 420 g/mol. The number of fused-ring (bicyclic) bond motifs is 2. The molecule has 0 heterocycles. The Kier molecular flexibility index (Phi) is 5.55. The molecule has 5 rings (SSSR count). The van der Waals surface area contributed by atoms with Crippen molar-refractivity contribution in [3.63, 3.8) is 0 Å². The smallest absolute Gasteiger partial charge is 0.312 e. The van der Waals surface area contributed by atoms with Gasteiger partial charge in [-0.15, -0.1) is 0 Å². The molecule has 10 atom stereocenters. The highest BCUT2D eigenvalue weighted by Crippen LogP contribution is 2.89. The van der Waals surface area contributed by atoms with E-state index in [4.69, 9.17) is 0 Å². The highest BCUT2D eigenvalue weighted by molar-refractivity contribution is 5.76. The second kappa shape index (κ2) is 7.59. The molecule has 2 spiro atoms. The average Bonchev–Trinajstić information content (AvgIpc) is 3.36. The minimum Gasteiger partial charge on any atom is -0.481 e. The summed E-state index contributed by atoms with van der Waals surface area (Å²) in [6.45, 7) is 18.5. The molecule has 0 aliphatic heterocycles. The average molecular weight is 471 g/mol. The number of hydrogen-bond acceptors (Lipinski definition) is 2. The van der Waals surface area contributed by atoms with Gasteiger partial charge in [0.25, 0.3) is 0 Å². The Morgan fingerprint density at radius 2 is 1.56 bits per heavy atom. The number of carbonyl (C=O) groups is 1. The van der Waals surface area contributed by atoms with E-state index in [1.807, 2.05) is 6.92 Å². The number of carboxylic acids is 1. The van der Waals surface area contributed by atoms with Crippen LogP contribution in [0.1, 0.15) is 112 Å². The minimum atomic E-state index is -0.972. The summed E-state index contributed by atoms with van der Waals surface area (Å²) in [4.78, 5) is 12.5. The summed E-state index contributed by atoms with van der Waals surface area (Å²) in [5.74, 6) is 2.21. The molecule has 3 heteroatoms. The first-order valence-corrected chi connectivity index (χ1v) is 14.4. The zero-order valence-electron chi connectivity index (χ0n) is 22.8. The van der Waals surface area contributed by atoms with Crippen molar-refractivity contribution in [1.82, 2.24) is 0 Å². The van der Waals surface area contributed by atoms with Crippen molar-refractivity contribution in [2.75, 3.05) is 0 Å². The molecule has 0 bridgehead atoms. The monoisotopic (exact) mass is 470 g/mol. The fourth-order valence-electron chi connectivity index (χ4n) is 11.2. The maximum Gasteiger partial charge on any atom is 0.312 e. The highest BCUT2D eigenvalue weighted by Gasteiger charge is 2.83. The molecule has 0 saturated heterocycles. The third kappa shape index (κ3) is 2.83. The Morgan fingerprint density at radius 3 is 2.21 bits per heavy atom. The zero-order chi connectivity index (χ0) is 24.9. The van der Waals surface area contributed by atoms with Crippen LogP contribution in [0.4, 0.5) is 0 Å². The molecule has 0 aromatic carbocycles. The Hall–Kier alpha value is -0.830. The van der Waals surface area contributed by atoms with Gasteiger partial charge in [-0.1, -0.05) is 46.8 Å². The van der Waals surface area contributed by atoms with E-state index >= 15 is 0 Å². The molecular formula is C31H50O3. The van der Waals surface area contributed by atoms with Crippen LogP contribution in [0.15, 0.2) is 12.2 Å². The predicted molar refractivity (Wildman–Crippen MR) is 137 cm³/mol. The molecule has 5 unspecified atom stereocenters. The van der Waals surface area contributed by atoms with Crippen LogP contribution in [0, 0.1) is 56.7 Å². The van der Waals surface area contributed by atoms with Crippen LogP contribution in [0.3, 0.4) is 0 Å². The van der Waals surface area contributed by atoms with Crippen molar-refractivity contribution in [2.45, 2.75) is 118 Å². The lowest BCUT2D eigenvalue weighted by atomic mass is 9.41. The zero-order valence-corrected chi connectivity index (χ0v) is 22.8. The molecule has 192 valence electrons. The molecule has 5 aliphatic carbocycles. The van der Waals surface area contributed by atoms with Gasteiger partial charge in [0.1, 0.15) is 0 Å². The first-order chi connectivity index (χ1) is 15.8. The van der Waals surface area contributed by atoms with Crippen LogP contribution in [-0.2, 0) is 4.79 Å². The topological polar surface area (TPSA) is 57.5 Å². The van der Waals surface area contributed by atoms with Gasteiger partial charge >= 0.3 is 5.97 Å². The SMILES string of the molecule is C=C(CCC(C)C1CC[C@@]2(C)C3CCC4[C@](C)(C(=O)O)C(O)CC[C@@]45C[C@@]35CC[C@]12C)C(C)C. The van der Waals surface area contributed by atoms with E-state index in [-0.39, 0.29) is 11.3 Å². The highest BCUT2D eigenvalue weighted by atomic mass is 16.4. The Morgan fingerprint density at radius 1 is 0.912 bits per heavy atom.